The lowest BCUT2D eigenvalue weighted by Gasteiger charge is -2.28. The molecular weight excluding hydrogens is 370 g/mol. The molecule has 0 saturated heterocycles. The number of nitrogens with one attached hydrogen (secondary N) is 2. The van der Waals surface area contributed by atoms with Crippen LogP contribution in [0.2, 0.25) is 0 Å². The smallest absolute Gasteiger partial charge is 0.277 e. The number of rotatable bonds is 4. The highest BCUT2D eigenvalue weighted by Crippen LogP contribution is 2.30. The Bertz CT molecular complexity index is 992. The maximum Gasteiger partial charge on any atom is 0.277 e. The first-order valence-corrected chi connectivity index (χ1v) is 9.64. The number of nitrogens with two attached hydrogens (primary N) is 1. The van der Waals surface area contributed by atoms with Gasteiger partial charge in [0.15, 0.2) is 0 Å². The molecule has 3 heterocycles. The highest BCUT2D eigenvalue weighted by molar-refractivity contribution is 6.19. The second-order valence-corrected chi connectivity index (χ2v) is 7.38. The normalized spacial score (nSPS) is 19.0. The fourth-order valence-corrected chi connectivity index (χ4v) is 3.87. The van der Waals surface area contributed by atoms with Gasteiger partial charge in [0.05, 0.1) is 12.2 Å². The SMILES string of the molecule is Cc1ccccc1C1=CC=C(NC(=O)CN2CCCC3=C2C(=O)N(C)C3=O)[NH2+]N1. The van der Waals surface area contributed by atoms with Crippen LogP contribution in [0.5, 0.6) is 0 Å². The fraction of sp³-hybridized carbons (Fsp3) is 0.286. The van der Waals surface area contributed by atoms with Crippen LogP contribution in [0.1, 0.15) is 24.0 Å². The average Bonchev–Trinajstić information content (AvgIpc) is 2.94. The Morgan fingerprint density at radius 1 is 1.21 bits per heavy atom. The van der Waals surface area contributed by atoms with Gasteiger partial charge in [-0.15, -0.1) is 0 Å². The van der Waals surface area contributed by atoms with E-state index in [0.717, 1.165) is 28.1 Å². The van der Waals surface area contributed by atoms with E-state index in [1.165, 1.54) is 7.05 Å². The molecule has 4 rings (SSSR count). The second-order valence-electron chi connectivity index (χ2n) is 7.38. The maximum atomic E-state index is 12.5. The number of nitrogens with zero attached hydrogens (tertiary/aromatic N) is 2. The predicted octanol–water partition coefficient (Wildman–Crippen LogP) is -0.276. The van der Waals surface area contributed by atoms with Crippen LogP contribution in [-0.4, -0.2) is 47.7 Å². The van der Waals surface area contributed by atoms with Crippen LogP contribution in [0.4, 0.5) is 0 Å². The number of benzene rings is 1. The molecule has 1 aromatic carbocycles. The van der Waals surface area contributed by atoms with Crippen molar-refractivity contribution in [3.05, 3.63) is 64.6 Å². The van der Waals surface area contributed by atoms with Gasteiger partial charge in [0.2, 0.25) is 11.7 Å². The molecule has 0 saturated carbocycles. The lowest BCUT2D eigenvalue weighted by Crippen LogP contribution is -2.93. The summed E-state index contributed by atoms with van der Waals surface area (Å²) in [6, 6.07) is 8.07. The van der Waals surface area contributed by atoms with Crippen molar-refractivity contribution >= 4 is 23.4 Å². The van der Waals surface area contributed by atoms with Crippen molar-refractivity contribution in [2.45, 2.75) is 19.8 Å². The van der Waals surface area contributed by atoms with E-state index in [0.29, 0.717) is 30.1 Å². The highest BCUT2D eigenvalue weighted by atomic mass is 16.2. The van der Waals surface area contributed by atoms with Crippen LogP contribution in [0, 0.1) is 6.92 Å². The van der Waals surface area contributed by atoms with Crippen molar-refractivity contribution in [1.82, 2.24) is 20.5 Å². The molecule has 0 unspecified atom stereocenters. The Morgan fingerprint density at radius 2 is 2.00 bits per heavy atom. The van der Waals surface area contributed by atoms with Crippen molar-refractivity contribution in [2.24, 2.45) is 0 Å². The first-order chi connectivity index (χ1) is 14.0. The average molecular weight is 394 g/mol. The Labute approximate surface area is 168 Å². The summed E-state index contributed by atoms with van der Waals surface area (Å²) < 4.78 is 0. The van der Waals surface area contributed by atoms with E-state index < -0.39 is 0 Å². The maximum absolute atomic E-state index is 12.5. The molecule has 0 aliphatic carbocycles. The van der Waals surface area contributed by atoms with Crippen LogP contribution >= 0.6 is 0 Å². The zero-order valence-electron chi connectivity index (χ0n) is 16.5. The lowest BCUT2D eigenvalue weighted by atomic mass is 10.0. The van der Waals surface area contributed by atoms with Crippen molar-refractivity contribution in [3.8, 4) is 0 Å². The number of hydrogen-bond acceptors (Lipinski definition) is 5. The minimum Gasteiger partial charge on any atom is -0.357 e. The third-order valence-electron chi connectivity index (χ3n) is 5.39. The zero-order chi connectivity index (χ0) is 20.5. The molecule has 0 radical (unpaired) electrons. The number of allylic oxidation sites excluding steroid dienone is 2. The molecule has 0 atom stereocenters. The highest BCUT2D eigenvalue weighted by Gasteiger charge is 2.40. The van der Waals surface area contributed by atoms with Crippen molar-refractivity contribution in [1.29, 1.82) is 0 Å². The molecular formula is C21H24N5O3+. The van der Waals surface area contributed by atoms with Crippen molar-refractivity contribution in [3.63, 3.8) is 0 Å². The zero-order valence-corrected chi connectivity index (χ0v) is 16.5. The molecule has 150 valence electrons. The summed E-state index contributed by atoms with van der Waals surface area (Å²) in [5, 5.41) is 2.86. The molecule has 0 aromatic heterocycles. The van der Waals surface area contributed by atoms with E-state index >= 15 is 0 Å². The molecule has 29 heavy (non-hydrogen) atoms. The number of carbonyl (C=O) groups is 3. The summed E-state index contributed by atoms with van der Waals surface area (Å²) in [5.74, 6) is -0.167. The number of likely N-dealkylation sites (N-methyl/N-ethyl adjacent to an activating group) is 1. The first-order valence-electron chi connectivity index (χ1n) is 9.64. The summed E-state index contributed by atoms with van der Waals surface area (Å²) in [6.45, 7) is 2.66. The van der Waals surface area contributed by atoms with Crippen LogP contribution in [-0.2, 0) is 14.4 Å². The van der Waals surface area contributed by atoms with Gasteiger partial charge in [-0.1, -0.05) is 24.3 Å². The van der Waals surface area contributed by atoms with E-state index in [1.54, 1.807) is 10.3 Å². The minimum atomic E-state index is -0.326. The molecule has 3 amide bonds. The van der Waals surface area contributed by atoms with Crippen LogP contribution < -0.4 is 16.2 Å². The molecule has 4 N–H and O–H groups in total. The van der Waals surface area contributed by atoms with E-state index in [9.17, 15) is 14.4 Å². The van der Waals surface area contributed by atoms with Gasteiger partial charge in [-0.05, 0) is 31.4 Å². The van der Waals surface area contributed by atoms with Crippen molar-refractivity contribution in [2.75, 3.05) is 20.1 Å². The number of hydrogen-bond donors (Lipinski definition) is 3. The molecule has 3 aliphatic rings. The first kappa shape index (κ1) is 18.9. The van der Waals surface area contributed by atoms with Gasteiger partial charge in [-0.25, -0.2) is 5.43 Å². The van der Waals surface area contributed by atoms with Crippen molar-refractivity contribution < 1.29 is 19.8 Å². The van der Waals surface area contributed by atoms with E-state index in [-0.39, 0.29) is 24.3 Å². The Morgan fingerprint density at radius 3 is 2.72 bits per heavy atom. The van der Waals surface area contributed by atoms with Crippen LogP contribution in [0.25, 0.3) is 5.70 Å². The molecule has 1 aromatic rings. The molecule has 0 spiro atoms. The minimum absolute atomic E-state index is 0.0330. The Balaban J connectivity index is 1.43. The Kier molecular flexibility index (Phi) is 4.94. The summed E-state index contributed by atoms with van der Waals surface area (Å²) in [7, 11) is 1.48. The van der Waals surface area contributed by atoms with Gasteiger partial charge in [0, 0.05) is 30.8 Å². The summed E-state index contributed by atoms with van der Waals surface area (Å²) in [6.07, 6.45) is 5.10. The van der Waals surface area contributed by atoms with Gasteiger partial charge >= 0.3 is 0 Å². The molecule has 8 heteroatoms. The topological polar surface area (TPSA) is 98.4 Å². The number of aryl methyl sites for hydroxylation is 1. The van der Waals surface area contributed by atoms with Crippen LogP contribution in [0.3, 0.4) is 0 Å². The fourth-order valence-electron chi connectivity index (χ4n) is 3.87. The van der Waals surface area contributed by atoms with E-state index in [1.807, 2.05) is 43.3 Å². The molecule has 0 bridgehead atoms. The predicted molar refractivity (Wildman–Crippen MR) is 106 cm³/mol. The molecule has 0 fully saturated rings. The number of imide groups is 1. The summed E-state index contributed by atoms with van der Waals surface area (Å²) in [5.41, 5.74) is 9.09. The van der Waals surface area contributed by atoms with Gasteiger partial charge in [0.1, 0.15) is 5.70 Å². The van der Waals surface area contributed by atoms with E-state index in [2.05, 4.69) is 10.7 Å². The largest absolute Gasteiger partial charge is 0.357 e. The van der Waals surface area contributed by atoms with Gasteiger partial charge in [-0.2, -0.15) is 5.43 Å². The number of amides is 3. The number of carbonyl (C=O) groups excluding carboxylic acids is 3. The third-order valence-corrected chi connectivity index (χ3v) is 5.39. The van der Waals surface area contributed by atoms with Gasteiger partial charge in [0.25, 0.3) is 11.8 Å². The molecule has 8 nitrogen and oxygen atoms in total. The standard InChI is InChI=1S/C21H23N5O3/c1-13-6-3-4-7-14(13)16-9-10-17(24-23-16)22-18(27)12-26-11-5-8-15-19(26)21(29)25(2)20(15)28/h3-4,6-7,9-10,23-24H,5,8,11-12H2,1-2H3,(H,22,27)/p+1. The monoisotopic (exact) mass is 394 g/mol. The van der Waals surface area contributed by atoms with Gasteiger partial charge in [-0.3, -0.25) is 24.6 Å². The van der Waals surface area contributed by atoms with Crippen LogP contribution in [0.15, 0.2) is 53.5 Å². The second kappa shape index (κ2) is 7.56. The van der Waals surface area contributed by atoms with E-state index in [4.69, 9.17) is 0 Å². The van der Waals surface area contributed by atoms with Gasteiger partial charge < -0.3 is 4.90 Å². The summed E-state index contributed by atoms with van der Waals surface area (Å²) in [4.78, 5) is 39.9. The Hall–Kier alpha value is -3.39. The third kappa shape index (κ3) is 3.54. The number of quaternary nitrogens is 1. The summed E-state index contributed by atoms with van der Waals surface area (Å²) >= 11 is 0. The quantitative estimate of drug-likeness (QED) is 0.482. The molecule has 3 aliphatic heterocycles. The lowest BCUT2D eigenvalue weighted by molar-refractivity contribution is -0.657.